The van der Waals surface area contributed by atoms with E-state index < -0.39 is 0 Å². The van der Waals surface area contributed by atoms with Crippen molar-refractivity contribution in [3.05, 3.63) is 28.0 Å². The quantitative estimate of drug-likeness (QED) is 0.633. The van der Waals surface area contributed by atoms with Crippen molar-refractivity contribution in [3.63, 3.8) is 0 Å². The maximum atomic E-state index is 11.9. The van der Waals surface area contributed by atoms with Gasteiger partial charge in [0.1, 0.15) is 10.3 Å². The molecule has 0 aromatic carbocycles. The molecule has 0 aliphatic carbocycles. The number of aromatic nitrogens is 1. The lowest BCUT2D eigenvalue weighted by atomic mass is 10.1. The molecule has 5 heteroatoms. The van der Waals surface area contributed by atoms with Gasteiger partial charge in [0.15, 0.2) is 0 Å². The maximum Gasteiger partial charge on any atom is 0.254 e. The summed E-state index contributed by atoms with van der Waals surface area (Å²) < 4.78 is 0. The van der Waals surface area contributed by atoms with Crippen molar-refractivity contribution in [3.8, 4) is 0 Å². The highest BCUT2D eigenvalue weighted by atomic mass is 35.5. The summed E-state index contributed by atoms with van der Waals surface area (Å²) in [7, 11) is 0. The van der Waals surface area contributed by atoms with Gasteiger partial charge < -0.3 is 5.32 Å². The molecule has 1 N–H and O–H groups in total. The molecule has 0 radical (unpaired) electrons. The molecule has 0 saturated carbocycles. The summed E-state index contributed by atoms with van der Waals surface area (Å²) in [4.78, 5) is 15.8. The summed E-state index contributed by atoms with van der Waals surface area (Å²) >= 11 is 11.6. The SMILES string of the molecule is CCCCCC(C)NC(=O)c1ccc(Cl)nc1Cl. The van der Waals surface area contributed by atoms with Crippen molar-refractivity contribution in [2.45, 2.75) is 45.6 Å². The fourth-order valence-electron chi connectivity index (χ4n) is 1.66. The molecule has 18 heavy (non-hydrogen) atoms. The first-order valence-corrected chi connectivity index (χ1v) is 6.93. The summed E-state index contributed by atoms with van der Waals surface area (Å²) in [6.07, 6.45) is 4.44. The fraction of sp³-hybridized carbons (Fsp3) is 0.538. The van der Waals surface area contributed by atoms with Gasteiger partial charge >= 0.3 is 0 Å². The van der Waals surface area contributed by atoms with Crippen LogP contribution in [0.15, 0.2) is 12.1 Å². The Bertz CT molecular complexity index is 410. The molecule has 1 heterocycles. The predicted octanol–water partition coefficient (Wildman–Crippen LogP) is 4.09. The molecule has 0 saturated heterocycles. The smallest absolute Gasteiger partial charge is 0.254 e. The van der Waals surface area contributed by atoms with Crippen LogP contribution in [-0.4, -0.2) is 16.9 Å². The predicted molar refractivity (Wildman–Crippen MR) is 75.3 cm³/mol. The van der Waals surface area contributed by atoms with Gasteiger partial charge in [0.2, 0.25) is 0 Å². The third-order valence-electron chi connectivity index (χ3n) is 2.68. The van der Waals surface area contributed by atoms with Gasteiger partial charge in [-0.3, -0.25) is 4.79 Å². The second kappa shape index (κ2) is 7.59. The van der Waals surface area contributed by atoms with Gasteiger partial charge in [0, 0.05) is 6.04 Å². The second-order valence-electron chi connectivity index (χ2n) is 4.34. The molecule has 3 nitrogen and oxygen atoms in total. The van der Waals surface area contributed by atoms with Crippen LogP contribution >= 0.6 is 23.2 Å². The maximum absolute atomic E-state index is 11.9. The summed E-state index contributed by atoms with van der Waals surface area (Å²) in [5.74, 6) is -0.201. The summed E-state index contributed by atoms with van der Waals surface area (Å²) in [5.41, 5.74) is 0.364. The van der Waals surface area contributed by atoms with Crippen LogP contribution < -0.4 is 5.32 Å². The number of pyridine rings is 1. The Morgan fingerprint density at radius 2 is 2.11 bits per heavy atom. The zero-order valence-electron chi connectivity index (χ0n) is 10.7. The average Bonchev–Trinajstić information content (AvgIpc) is 2.28. The Balaban J connectivity index is 2.54. The van der Waals surface area contributed by atoms with E-state index in [-0.39, 0.29) is 22.3 Å². The Morgan fingerprint density at radius 1 is 1.39 bits per heavy atom. The van der Waals surface area contributed by atoms with Crippen molar-refractivity contribution < 1.29 is 4.79 Å². The lowest BCUT2D eigenvalue weighted by molar-refractivity contribution is 0.0937. The summed E-state index contributed by atoms with van der Waals surface area (Å²) in [5, 5.41) is 3.33. The molecule has 0 aliphatic rings. The largest absolute Gasteiger partial charge is 0.349 e. The van der Waals surface area contributed by atoms with Crippen molar-refractivity contribution in [1.82, 2.24) is 10.3 Å². The molecular formula is C13H18Cl2N2O. The first-order chi connectivity index (χ1) is 8.54. The molecule has 1 rings (SSSR count). The van der Waals surface area contributed by atoms with Crippen molar-refractivity contribution >= 4 is 29.1 Å². The van der Waals surface area contributed by atoms with E-state index >= 15 is 0 Å². The van der Waals surface area contributed by atoms with Gasteiger partial charge in [-0.15, -0.1) is 0 Å². The standard InChI is InChI=1S/C13H18Cl2N2O/c1-3-4-5-6-9(2)16-13(18)10-7-8-11(14)17-12(10)15/h7-9H,3-6H2,1-2H3,(H,16,18). The van der Waals surface area contributed by atoms with Crippen LogP contribution in [-0.2, 0) is 0 Å². The number of unbranched alkanes of at least 4 members (excludes halogenated alkanes) is 2. The highest BCUT2D eigenvalue weighted by Crippen LogP contribution is 2.16. The third-order valence-corrected chi connectivity index (χ3v) is 3.18. The molecule has 0 spiro atoms. The second-order valence-corrected chi connectivity index (χ2v) is 5.09. The van der Waals surface area contributed by atoms with Crippen LogP contribution in [0.2, 0.25) is 10.3 Å². The Labute approximate surface area is 118 Å². The van der Waals surface area contributed by atoms with Crippen LogP contribution in [0.25, 0.3) is 0 Å². The van der Waals surface area contributed by atoms with Gasteiger partial charge in [-0.05, 0) is 25.5 Å². The fourth-order valence-corrected chi connectivity index (χ4v) is 2.09. The van der Waals surface area contributed by atoms with Crippen LogP contribution in [0.1, 0.15) is 49.9 Å². The highest BCUT2D eigenvalue weighted by molar-refractivity contribution is 6.34. The topological polar surface area (TPSA) is 42.0 Å². The number of amides is 1. The molecule has 0 bridgehead atoms. The Morgan fingerprint density at radius 3 is 2.72 bits per heavy atom. The minimum absolute atomic E-state index is 0.135. The van der Waals surface area contributed by atoms with E-state index in [9.17, 15) is 4.79 Å². The molecular weight excluding hydrogens is 271 g/mol. The van der Waals surface area contributed by atoms with E-state index in [0.717, 1.165) is 12.8 Å². The first kappa shape index (κ1) is 15.3. The highest BCUT2D eigenvalue weighted by Gasteiger charge is 2.14. The Hall–Kier alpha value is -0.800. The van der Waals surface area contributed by atoms with Crippen molar-refractivity contribution in [2.24, 2.45) is 0 Å². The van der Waals surface area contributed by atoms with E-state index in [4.69, 9.17) is 23.2 Å². The van der Waals surface area contributed by atoms with E-state index in [1.54, 1.807) is 12.1 Å². The van der Waals surface area contributed by atoms with E-state index in [2.05, 4.69) is 17.2 Å². The van der Waals surface area contributed by atoms with Crippen LogP contribution in [0.3, 0.4) is 0 Å². The molecule has 1 atom stereocenters. The number of hydrogen-bond donors (Lipinski definition) is 1. The van der Waals surface area contributed by atoms with Crippen LogP contribution in [0, 0.1) is 0 Å². The number of nitrogens with zero attached hydrogens (tertiary/aromatic N) is 1. The molecule has 1 aromatic heterocycles. The zero-order valence-corrected chi connectivity index (χ0v) is 12.2. The van der Waals surface area contributed by atoms with Gasteiger partial charge in [-0.1, -0.05) is 49.4 Å². The third kappa shape index (κ3) is 4.83. The molecule has 1 aromatic rings. The minimum Gasteiger partial charge on any atom is -0.349 e. The zero-order chi connectivity index (χ0) is 13.5. The van der Waals surface area contributed by atoms with Crippen molar-refractivity contribution in [2.75, 3.05) is 0 Å². The van der Waals surface area contributed by atoms with Gasteiger partial charge in [0.25, 0.3) is 5.91 Å². The average molecular weight is 289 g/mol. The molecule has 0 aliphatic heterocycles. The number of nitrogens with one attached hydrogen (secondary N) is 1. The number of carbonyl (C=O) groups excluding carboxylic acids is 1. The summed E-state index contributed by atoms with van der Waals surface area (Å²) in [6, 6.07) is 3.28. The molecule has 100 valence electrons. The van der Waals surface area contributed by atoms with E-state index in [1.807, 2.05) is 6.92 Å². The van der Waals surface area contributed by atoms with Gasteiger partial charge in [-0.25, -0.2) is 4.98 Å². The van der Waals surface area contributed by atoms with Crippen LogP contribution in [0.5, 0.6) is 0 Å². The van der Waals surface area contributed by atoms with Crippen LogP contribution in [0.4, 0.5) is 0 Å². The molecule has 1 amide bonds. The number of rotatable bonds is 6. The van der Waals surface area contributed by atoms with Crippen molar-refractivity contribution in [1.29, 1.82) is 0 Å². The van der Waals surface area contributed by atoms with E-state index in [1.165, 1.54) is 12.8 Å². The van der Waals surface area contributed by atoms with E-state index in [0.29, 0.717) is 5.56 Å². The number of hydrogen-bond acceptors (Lipinski definition) is 2. The number of carbonyl (C=O) groups is 1. The van der Waals surface area contributed by atoms with Gasteiger partial charge in [-0.2, -0.15) is 0 Å². The minimum atomic E-state index is -0.201. The summed E-state index contributed by atoms with van der Waals surface area (Å²) in [6.45, 7) is 4.15. The number of halogens is 2. The molecule has 1 unspecified atom stereocenters. The monoisotopic (exact) mass is 288 g/mol. The first-order valence-electron chi connectivity index (χ1n) is 6.17. The molecule has 0 fully saturated rings. The van der Waals surface area contributed by atoms with Gasteiger partial charge in [0.05, 0.1) is 5.56 Å². The Kier molecular flexibility index (Phi) is 6.44. The lowest BCUT2D eigenvalue weighted by Crippen LogP contribution is -2.32. The lowest BCUT2D eigenvalue weighted by Gasteiger charge is -2.14. The normalized spacial score (nSPS) is 12.2.